The van der Waals surface area contributed by atoms with Gasteiger partial charge in [-0.3, -0.25) is 0 Å². The summed E-state index contributed by atoms with van der Waals surface area (Å²) in [5.41, 5.74) is 3.16. The van der Waals surface area contributed by atoms with Crippen molar-refractivity contribution in [1.82, 2.24) is 0 Å². The van der Waals surface area contributed by atoms with Crippen LogP contribution in [0.5, 0.6) is 5.75 Å². The number of phenolic OH excluding ortho intramolecular Hbond substituents is 1. The van der Waals surface area contributed by atoms with Gasteiger partial charge in [-0.25, -0.2) is 0 Å². The standard InChI is InChI=1S/C13H14O2S/c1-9-7-16-8-12(9)13(15)6-10-2-4-11(14)5-3-10/h2-5,7-8,13-15H,6H2,1H3. The molecule has 0 saturated heterocycles. The van der Waals surface area contributed by atoms with Gasteiger partial charge in [-0.2, -0.15) is 11.3 Å². The normalized spacial score (nSPS) is 12.6. The molecule has 16 heavy (non-hydrogen) atoms. The smallest absolute Gasteiger partial charge is 0.115 e. The highest BCUT2D eigenvalue weighted by atomic mass is 32.1. The summed E-state index contributed by atoms with van der Waals surface area (Å²) in [4.78, 5) is 0. The maximum atomic E-state index is 10.1. The minimum atomic E-state index is -0.462. The summed E-state index contributed by atoms with van der Waals surface area (Å²) in [7, 11) is 0. The van der Waals surface area contributed by atoms with Crippen molar-refractivity contribution in [3.8, 4) is 5.75 Å². The monoisotopic (exact) mass is 234 g/mol. The molecule has 0 saturated carbocycles. The molecule has 0 spiro atoms. The molecule has 1 heterocycles. The highest BCUT2D eigenvalue weighted by Gasteiger charge is 2.11. The largest absolute Gasteiger partial charge is 0.508 e. The summed E-state index contributed by atoms with van der Waals surface area (Å²) < 4.78 is 0. The van der Waals surface area contributed by atoms with Gasteiger partial charge in [0.2, 0.25) is 0 Å². The molecule has 3 heteroatoms. The number of hydrogen-bond acceptors (Lipinski definition) is 3. The molecule has 0 amide bonds. The van der Waals surface area contributed by atoms with Gasteiger partial charge in [-0.1, -0.05) is 12.1 Å². The molecule has 1 aromatic heterocycles. The second-order valence-electron chi connectivity index (χ2n) is 3.90. The SMILES string of the molecule is Cc1cscc1C(O)Cc1ccc(O)cc1. The lowest BCUT2D eigenvalue weighted by atomic mass is 10.0. The van der Waals surface area contributed by atoms with E-state index in [2.05, 4.69) is 0 Å². The van der Waals surface area contributed by atoms with Crippen molar-refractivity contribution in [2.24, 2.45) is 0 Å². The van der Waals surface area contributed by atoms with Gasteiger partial charge >= 0.3 is 0 Å². The Bertz CT molecular complexity index is 459. The molecule has 2 aromatic rings. The van der Waals surface area contributed by atoms with Crippen LogP contribution in [0, 0.1) is 6.92 Å². The molecule has 0 aliphatic carbocycles. The van der Waals surface area contributed by atoms with Gasteiger partial charge in [-0.05, 0) is 46.5 Å². The van der Waals surface area contributed by atoms with E-state index >= 15 is 0 Å². The molecule has 1 unspecified atom stereocenters. The number of hydrogen-bond donors (Lipinski definition) is 2. The Hall–Kier alpha value is -1.32. The number of phenols is 1. The van der Waals surface area contributed by atoms with Gasteiger partial charge in [0.1, 0.15) is 5.75 Å². The first kappa shape index (κ1) is 11.2. The summed E-state index contributed by atoms with van der Waals surface area (Å²) >= 11 is 1.61. The fourth-order valence-corrected chi connectivity index (χ4v) is 2.57. The number of thiophene rings is 1. The van der Waals surface area contributed by atoms with Crippen LogP contribution < -0.4 is 0 Å². The Morgan fingerprint density at radius 2 is 1.88 bits per heavy atom. The van der Waals surface area contributed by atoms with E-state index < -0.39 is 6.10 Å². The van der Waals surface area contributed by atoms with Crippen LogP contribution in [-0.4, -0.2) is 10.2 Å². The van der Waals surface area contributed by atoms with Crippen LogP contribution in [0.2, 0.25) is 0 Å². The van der Waals surface area contributed by atoms with E-state index in [-0.39, 0.29) is 5.75 Å². The van der Waals surface area contributed by atoms with Crippen LogP contribution in [0.25, 0.3) is 0 Å². The fraction of sp³-hybridized carbons (Fsp3) is 0.231. The summed E-state index contributed by atoms with van der Waals surface area (Å²) in [6.07, 6.45) is 0.119. The molecule has 0 aliphatic heterocycles. The maximum absolute atomic E-state index is 10.1. The Labute approximate surface area is 98.8 Å². The highest BCUT2D eigenvalue weighted by molar-refractivity contribution is 7.08. The van der Waals surface area contributed by atoms with Crippen LogP contribution >= 0.6 is 11.3 Å². The Morgan fingerprint density at radius 1 is 1.19 bits per heavy atom. The number of aliphatic hydroxyl groups is 1. The van der Waals surface area contributed by atoms with Gasteiger partial charge in [-0.15, -0.1) is 0 Å². The predicted molar refractivity (Wildman–Crippen MR) is 65.8 cm³/mol. The van der Waals surface area contributed by atoms with Gasteiger partial charge in [0.25, 0.3) is 0 Å². The van der Waals surface area contributed by atoms with Gasteiger partial charge in [0.05, 0.1) is 6.10 Å². The number of benzene rings is 1. The topological polar surface area (TPSA) is 40.5 Å². The lowest BCUT2D eigenvalue weighted by Crippen LogP contribution is -2.01. The molecular formula is C13H14O2S. The van der Waals surface area contributed by atoms with Crippen molar-refractivity contribution in [2.75, 3.05) is 0 Å². The highest BCUT2D eigenvalue weighted by Crippen LogP contribution is 2.25. The summed E-state index contributed by atoms with van der Waals surface area (Å²) in [5, 5.41) is 23.2. The molecule has 84 valence electrons. The first-order valence-electron chi connectivity index (χ1n) is 5.15. The molecule has 0 bridgehead atoms. The molecular weight excluding hydrogens is 220 g/mol. The summed E-state index contributed by atoms with van der Waals surface area (Å²) in [6, 6.07) is 6.95. The average molecular weight is 234 g/mol. The average Bonchev–Trinajstić information content (AvgIpc) is 2.68. The molecule has 1 atom stereocenters. The molecule has 0 radical (unpaired) electrons. The molecule has 2 nitrogen and oxygen atoms in total. The zero-order valence-corrected chi connectivity index (χ0v) is 9.87. The second-order valence-corrected chi connectivity index (χ2v) is 4.64. The third-order valence-corrected chi connectivity index (χ3v) is 3.50. The summed E-state index contributed by atoms with van der Waals surface area (Å²) in [5.74, 6) is 0.255. The van der Waals surface area contributed by atoms with Crippen LogP contribution in [0.1, 0.15) is 22.8 Å². The zero-order chi connectivity index (χ0) is 11.5. The number of rotatable bonds is 3. The van der Waals surface area contributed by atoms with Crippen molar-refractivity contribution in [3.05, 3.63) is 51.7 Å². The van der Waals surface area contributed by atoms with Crippen molar-refractivity contribution >= 4 is 11.3 Å². The van der Waals surface area contributed by atoms with E-state index in [0.29, 0.717) is 6.42 Å². The number of aliphatic hydroxyl groups excluding tert-OH is 1. The zero-order valence-electron chi connectivity index (χ0n) is 9.05. The molecule has 1 aromatic carbocycles. The number of aromatic hydroxyl groups is 1. The van der Waals surface area contributed by atoms with E-state index in [9.17, 15) is 5.11 Å². The van der Waals surface area contributed by atoms with E-state index in [1.165, 1.54) is 0 Å². The van der Waals surface area contributed by atoms with Gasteiger partial charge in [0, 0.05) is 6.42 Å². The third kappa shape index (κ3) is 2.43. The molecule has 2 rings (SSSR count). The van der Waals surface area contributed by atoms with Crippen molar-refractivity contribution < 1.29 is 10.2 Å². The van der Waals surface area contributed by atoms with E-state index in [1.807, 2.05) is 29.8 Å². The van der Waals surface area contributed by atoms with Crippen LogP contribution in [0.3, 0.4) is 0 Å². The minimum Gasteiger partial charge on any atom is -0.508 e. The summed E-state index contributed by atoms with van der Waals surface area (Å²) in [6.45, 7) is 2.01. The van der Waals surface area contributed by atoms with Crippen LogP contribution in [-0.2, 0) is 6.42 Å². The van der Waals surface area contributed by atoms with Crippen molar-refractivity contribution in [3.63, 3.8) is 0 Å². The lowest BCUT2D eigenvalue weighted by molar-refractivity contribution is 0.178. The quantitative estimate of drug-likeness (QED) is 0.857. The number of aryl methyl sites for hydroxylation is 1. The molecule has 2 N–H and O–H groups in total. The Balaban J connectivity index is 2.10. The third-order valence-electron chi connectivity index (χ3n) is 2.62. The molecule has 0 fully saturated rings. The van der Waals surface area contributed by atoms with Crippen molar-refractivity contribution in [1.29, 1.82) is 0 Å². The first-order valence-corrected chi connectivity index (χ1v) is 6.10. The fourth-order valence-electron chi connectivity index (χ4n) is 1.68. The van der Waals surface area contributed by atoms with E-state index in [1.54, 1.807) is 23.5 Å². The van der Waals surface area contributed by atoms with Crippen molar-refractivity contribution in [2.45, 2.75) is 19.4 Å². The van der Waals surface area contributed by atoms with Gasteiger partial charge < -0.3 is 10.2 Å². The van der Waals surface area contributed by atoms with Crippen LogP contribution in [0.15, 0.2) is 35.0 Å². The maximum Gasteiger partial charge on any atom is 0.115 e. The predicted octanol–water partition coefficient (Wildman–Crippen LogP) is 3.04. The second kappa shape index (κ2) is 4.68. The lowest BCUT2D eigenvalue weighted by Gasteiger charge is -2.10. The Kier molecular flexibility index (Phi) is 3.27. The van der Waals surface area contributed by atoms with Gasteiger partial charge in [0.15, 0.2) is 0 Å². The van der Waals surface area contributed by atoms with E-state index in [4.69, 9.17) is 5.11 Å². The van der Waals surface area contributed by atoms with E-state index in [0.717, 1.165) is 16.7 Å². The van der Waals surface area contributed by atoms with Crippen LogP contribution in [0.4, 0.5) is 0 Å². The minimum absolute atomic E-state index is 0.255. The molecule has 0 aliphatic rings. The Morgan fingerprint density at radius 3 is 2.44 bits per heavy atom. The first-order chi connectivity index (χ1) is 7.66.